The molecule has 10 nitrogen and oxygen atoms in total. The molecule has 2 amide bonds. The molecule has 0 unspecified atom stereocenters. The van der Waals surface area contributed by atoms with E-state index < -0.39 is 17.4 Å². The Hall–Kier alpha value is -3.92. The molecular weight excluding hydrogens is 414 g/mol. The smallest absolute Gasteiger partial charge is 0.263 e. The molecule has 0 radical (unpaired) electrons. The van der Waals surface area contributed by atoms with Crippen LogP contribution in [0.15, 0.2) is 53.8 Å². The monoisotopic (exact) mass is 439 g/mol. The number of nitrogens with zero attached hydrogens (tertiary/aromatic N) is 2. The number of ether oxygens (including phenoxy) is 1. The van der Waals surface area contributed by atoms with Crippen molar-refractivity contribution in [2.24, 2.45) is 0 Å². The average molecular weight is 439 g/mol. The van der Waals surface area contributed by atoms with Crippen LogP contribution in [-0.2, 0) is 13.0 Å². The minimum Gasteiger partial charge on any atom is -0.491 e. The van der Waals surface area contributed by atoms with Crippen molar-refractivity contribution in [2.45, 2.75) is 13.0 Å². The molecule has 0 saturated carbocycles. The number of imidazole rings is 1. The minimum absolute atomic E-state index is 0.114. The van der Waals surface area contributed by atoms with Gasteiger partial charge in [0.25, 0.3) is 17.4 Å². The van der Waals surface area contributed by atoms with Crippen LogP contribution < -0.4 is 20.9 Å². The van der Waals surface area contributed by atoms with Crippen molar-refractivity contribution in [1.82, 2.24) is 25.2 Å². The third kappa shape index (κ3) is 5.82. The molecule has 0 aliphatic rings. The fourth-order valence-electron chi connectivity index (χ4n) is 3.10. The number of amides is 2. The highest BCUT2D eigenvalue weighted by atomic mass is 16.5. The van der Waals surface area contributed by atoms with Crippen molar-refractivity contribution < 1.29 is 19.4 Å². The fraction of sp³-hybridized carbons (Fsp3) is 0.273. The van der Waals surface area contributed by atoms with E-state index >= 15 is 0 Å². The molecule has 0 atom stereocenters. The van der Waals surface area contributed by atoms with Gasteiger partial charge in [-0.1, -0.05) is 12.1 Å². The highest BCUT2D eigenvalue weighted by Gasteiger charge is 2.17. The van der Waals surface area contributed by atoms with Gasteiger partial charge in [0.2, 0.25) is 0 Å². The van der Waals surface area contributed by atoms with E-state index in [1.807, 2.05) is 0 Å². The summed E-state index contributed by atoms with van der Waals surface area (Å²) in [6, 6.07) is 8.33. The number of aromatic amines is 1. The lowest BCUT2D eigenvalue weighted by Crippen LogP contribution is -2.34. The number of rotatable bonds is 10. The quantitative estimate of drug-likeness (QED) is 0.359. The zero-order chi connectivity index (χ0) is 22.9. The molecular formula is C22H25N5O5. The number of carbonyl (C=O) groups is 2. The zero-order valence-electron chi connectivity index (χ0n) is 17.6. The number of benzene rings is 1. The molecule has 3 rings (SSSR count). The van der Waals surface area contributed by atoms with Crippen molar-refractivity contribution in [1.29, 1.82) is 0 Å². The van der Waals surface area contributed by atoms with Crippen LogP contribution in [0.25, 0.3) is 0 Å². The van der Waals surface area contributed by atoms with Gasteiger partial charge in [0.05, 0.1) is 25.0 Å². The van der Waals surface area contributed by atoms with Crippen molar-refractivity contribution in [2.75, 3.05) is 26.8 Å². The van der Waals surface area contributed by atoms with Crippen LogP contribution in [-0.4, -0.2) is 58.3 Å². The van der Waals surface area contributed by atoms with Gasteiger partial charge < -0.3 is 30.0 Å². The van der Waals surface area contributed by atoms with Gasteiger partial charge >= 0.3 is 0 Å². The Balaban J connectivity index is 1.84. The summed E-state index contributed by atoms with van der Waals surface area (Å²) >= 11 is 0. The molecule has 0 saturated heterocycles. The topological polar surface area (TPSA) is 138 Å². The molecule has 0 spiro atoms. The molecule has 0 bridgehead atoms. The molecule has 32 heavy (non-hydrogen) atoms. The van der Waals surface area contributed by atoms with Gasteiger partial charge in [0, 0.05) is 38.1 Å². The first-order chi connectivity index (χ1) is 15.5. The predicted molar refractivity (Wildman–Crippen MR) is 117 cm³/mol. The number of carbonyl (C=O) groups excluding carboxylic acids is 2. The minimum atomic E-state index is -0.573. The summed E-state index contributed by atoms with van der Waals surface area (Å²) in [6.45, 7) is 0.531. The second-order valence-corrected chi connectivity index (χ2v) is 6.96. The zero-order valence-corrected chi connectivity index (χ0v) is 17.6. The molecule has 3 aromatic rings. The van der Waals surface area contributed by atoms with Crippen LogP contribution in [0.2, 0.25) is 0 Å². The van der Waals surface area contributed by atoms with Crippen molar-refractivity contribution in [3.05, 3.63) is 81.8 Å². The maximum absolute atomic E-state index is 12.9. The Morgan fingerprint density at radius 2 is 2.09 bits per heavy atom. The number of pyridine rings is 1. The number of aliphatic hydroxyl groups is 1. The molecule has 2 heterocycles. The van der Waals surface area contributed by atoms with Crippen molar-refractivity contribution >= 4 is 11.8 Å². The molecule has 168 valence electrons. The summed E-state index contributed by atoms with van der Waals surface area (Å²) in [7, 11) is 1.42. The summed E-state index contributed by atoms with van der Waals surface area (Å²) < 4.78 is 6.73. The lowest BCUT2D eigenvalue weighted by Gasteiger charge is -2.13. The number of H-pyrrole nitrogens is 1. The van der Waals surface area contributed by atoms with Crippen LogP contribution in [0, 0.1) is 0 Å². The molecule has 10 heteroatoms. The third-order valence-corrected chi connectivity index (χ3v) is 4.67. The summed E-state index contributed by atoms with van der Waals surface area (Å²) in [6.07, 6.45) is 5.23. The van der Waals surface area contributed by atoms with E-state index in [1.54, 1.807) is 36.8 Å². The molecule has 0 fully saturated rings. The average Bonchev–Trinajstić information content (AvgIpc) is 3.32. The second kappa shape index (κ2) is 10.9. The summed E-state index contributed by atoms with van der Waals surface area (Å²) in [5, 5.41) is 14.1. The van der Waals surface area contributed by atoms with Crippen LogP contribution in [0.4, 0.5) is 0 Å². The Morgan fingerprint density at radius 3 is 2.81 bits per heavy atom. The van der Waals surface area contributed by atoms with E-state index in [-0.39, 0.29) is 30.9 Å². The molecule has 0 aliphatic heterocycles. The molecule has 1 aromatic carbocycles. The number of aromatic nitrogens is 3. The molecule has 2 aromatic heterocycles. The van der Waals surface area contributed by atoms with E-state index in [9.17, 15) is 14.4 Å². The van der Waals surface area contributed by atoms with Gasteiger partial charge in [-0.25, -0.2) is 4.98 Å². The molecule has 4 N–H and O–H groups in total. The molecule has 0 aliphatic carbocycles. The van der Waals surface area contributed by atoms with Gasteiger partial charge in [-0.3, -0.25) is 14.4 Å². The number of hydrogen-bond donors (Lipinski definition) is 4. The first kappa shape index (κ1) is 22.8. The van der Waals surface area contributed by atoms with E-state index in [1.165, 1.54) is 23.9 Å². The Kier molecular flexibility index (Phi) is 7.76. The first-order valence-electron chi connectivity index (χ1n) is 10.1. The highest BCUT2D eigenvalue weighted by molar-refractivity contribution is 5.99. The van der Waals surface area contributed by atoms with E-state index in [2.05, 4.69) is 20.6 Å². The maximum Gasteiger partial charge on any atom is 0.263 e. The largest absolute Gasteiger partial charge is 0.491 e. The SMILES string of the molecule is CNC(=O)c1cc(C(=O)NCCc2cnc[nH]2)cn(Cc2cccc(OCCO)c2)c1=O. The van der Waals surface area contributed by atoms with Gasteiger partial charge in [-0.2, -0.15) is 0 Å². The van der Waals surface area contributed by atoms with Gasteiger partial charge in [0.1, 0.15) is 17.9 Å². The van der Waals surface area contributed by atoms with Gasteiger partial charge in [0.15, 0.2) is 0 Å². The van der Waals surface area contributed by atoms with Crippen LogP contribution >= 0.6 is 0 Å². The second-order valence-electron chi connectivity index (χ2n) is 6.96. The third-order valence-electron chi connectivity index (χ3n) is 4.67. The Morgan fingerprint density at radius 1 is 1.25 bits per heavy atom. The van der Waals surface area contributed by atoms with Crippen LogP contribution in [0.5, 0.6) is 5.75 Å². The summed E-state index contributed by atoms with van der Waals surface area (Å²) in [5.74, 6) is -0.428. The summed E-state index contributed by atoms with van der Waals surface area (Å²) in [4.78, 5) is 44.7. The van der Waals surface area contributed by atoms with Gasteiger partial charge in [-0.15, -0.1) is 0 Å². The first-order valence-corrected chi connectivity index (χ1v) is 10.1. The van der Waals surface area contributed by atoms with Crippen LogP contribution in [0.1, 0.15) is 32.0 Å². The van der Waals surface area contributed by atoms with E-state index in [0.29, 0.717) is 18.7 Å². The standard InChI is InChI=1S/C22H25N5O5/c1-23-21(30)19-10-16(20(29)25-6-5-17-11-24-14-26-17)13-27(22(19)31)12-15-3-2-4-18(9-15)32-8-7-28/h2-4,9-11,13-14,28H,5-8,12H2,1H3,(H,23,30)(H,24,26)(H,25,29). The van der Waals surface area contributed by atoms with E-state index in [4.69, 9.17) is 9.84 Å². The highest BCUT2D eigenvalue weighted by Crippen LogP contribution is 2.14. The van der Waals surface area contributed by atoms with Gasteiger partial charge in [-0.05, 0) is 23.8 Å². The van der Waals surface area contributed by atoms with Crippen molar-refractivity contribution in [3.63, 3.8) is 0 Å². The lowest BCUT2D eigenvalue weighted by molar-refractivity contribution is 0.0953. The normalized spacial score (nSPS) is 10.6. The fourth-order valence-corrected chi connectivity index (χ4v) is 3.10. The van der Waals surface area contributed by atoms with Crippen LogP contribution in [0.3, 0.4) is 0 Å². The summed E-state index contributed by atoms with van der Waals surface area (Å²) in [5.41, 5.74) is 1.17. The Bertz CT molecular complexity index is 1120. The predicted octanol–water partition coefficient (Wildman–Crippen LogP) is 0.323. The maximum atomic E-state index is 12.9. The number of hydrogen-bond acceptors (Lipinski definition) is 6. The number of aliphatic hydroxyl groups excluding tert-OH is 1. The van der Waals surface area contributed by atoms with E-state index in [0.717, 1.165) is 11.3 Å². The Labute approximate surface area is 184 Å². The van der Waals surface area contributed by atoms with Crippen molar-refractivity contribution in [3.8, 4) is 5.75 Å². The lowest BCUT2D eigenvalue weighted by atomic mass is 10.1. The number of nitrogens with one attached hydrogen (secondary N) is 3.